The van der Waals surface area contributed by atoms with Crippen molar-refractivity contribution in [1.29, 1.82) is 0 Å². The lowest BCUT2D eigenvalue weighted by Crippen LogP contribution is -2.42. The molecule has 0 aromatic heterocycles. The molecule has 1 aromatic rings. The summed E-state index contributed by atoms with van der Waals surface area (Å²) in [7, 11) is 0. The molecule has 15 heavy (non-hydrogen) atoms. The zero-order valence-corrected chi connectivity index (χ0v) is 8.96. The van der Waals surface area contributed by atoms with E-state index in [0.717, 1.165) is 19.5 Å². The number of halogens is 1. The van der Waals surface area contributed by atoms with Crippen LogP contribution in [0.3, 0.4) is 0 Å². The Morgan fingerprint density at radius 3 is 2.93 bits per heavy atom. The standard InChI is InChI=1S/C12H17FN2/c1-9-8-14-7-6-11(9)15-12-5-3-2-4-10(12)13/h2-5,9,11,14-15H,6-8H2,1H3. The molecule has 82 valence electrons. The number of benzene rings is 1. The highest BCUT2D eigenvalue weighted by Gasteiger charge is 2.21. The number of piperidine rings is 1. The van der Waals surface area contributed by atoms with Crippen LogP contribution in [-0.2, 0) is 0 Å². The molecule has 1 aromatic carbocycles. The van der Waals surface area contributed by atoms with Crippen LogP contribution in [0.2, 0.25) is 0 Å². The van der Waals surface area contributed by atoms with Gasteiger partial charge in [-0.25, -0.2) is 4.39 Å². The first-order valence-corrected chi connectivity index (χ1v) is 5.49. The molecule has 2 nitrogen and oxygen atoms in total. The molecular weight excluding hydrogens is 191 g/mol. The third-order valence-corrected chi connectivity index (χ3v) is 3.00. The van der Waals surface area contributed by atoms with Crippen molar-refractivity contribution in [2.75, 3.05) is 18.4 Å². The fourth-order valence-corrected chi connectivity index (χ4v) is 2.01. The van der Waals surface area contributed by atoms with Crippen molar-refractivity contribution in [1.82, 2.24) is 5.32 Å². The van der Waals surface area contributed by atoms with Crippen LogP contribution < -0.4 is 10.6 Å². The zero-order chi connectivity index (χ0) is 10.7. The summed E-state index contributed by atoms with van der Waals surface area (Å²) in [6, 6.07) is 7.24. The Labute approximate surface area is 89.9 Å². The summed E-state index contributed by atoms with van der Waals surface area (Å²) < 4.78 is 13.4. The van der Waals surface area contributed by atoms with E-state index in [9.17, 15) is 4.39 Å². The van der Waals surface area contributed by atoms with E-state index < -0.39 is 0 Å². The van der Waals surface area contributed by atoms with Crippen LogP contribution in [0.25, 0.3) is 0 Å². The van der Waals surface area contributed by atoms with Gasteiger partial charge in [0, 0.05) is 6.04 Å². The van der Waals surface area contributed by atoms with E-state index in [1.807, 2.05) is 6.07 Å². The summed E-state index contributed by atoms with van der Waals surface area (Å²) in [6.45, 7) is 4.20. The van der Waals surface area contributed by atoms with Gasteiger partial charge in [0.1, 0.15) is 5.82 Å². The Kier molecular flexibility index (Phi) is 3.21. The third kappa shape index (κ3) is 2.48. The number of para-hydroxylation sites is 1. The maximum atomic E-state index is 13.4. The molecule has 0 spiro atoms. The van der Waals surface area contributed by atoms with Crippen molar-refractivity contribution >= 4 is 5.69 Å². The first-order valence-electron chi connectivity index (χ1n) is 5.49. The van der Waals surface area contributed by atoms with E-state index in [1.165, 1.54) is 6.07 Å². The van der Waals surface area contributed by atoms with E-state index in [4.69, 9.17) is 0 Å². The minimum atomic E-state index is -0.164. The summed E-state index contributed by atoms with van der Waals surface area (Å²) in [5, 5.41) is 6.62. The minimum absolute atomic E-state index is 0.164. The van der Waals surface area contributed by atoms with Gasteiger partial charge in [-0.3, -0.25) is 0 Å². The molecule has 1 aliphatic rings. The fourth-order valence-electron chi connectivity index (χ4n) is 2.01. The molecule has 0 saturated carbocycles. The smallest absolute Gasteiger partial charge is 0.146 e. The van der Waals surface area contributed by atoms with Crippen LogP contribution >= 0.6 is 0 Å². The van der Waals surface area contributed by atoms with Crippen molar-refractivity contribution in [3.63, 3.8) is 0 Å². The molecule has 2 N–H and O–H groups in total. The van der Waals surface area contributed by atoms with Crippen LogP contribution in [0.4, 0.5) is 10.1 Å². The van der Waals surface area contributed by atoms with Crippen LogP contribution in [0.5, 0.6) is 0 Å². The van der Waals surface area contributed by atoms with E-state index in [-0.39, 0.29) is 5.82 Å². The number of hydrogen-bond donors (Lipinski definition) is 2. The molecular formula is C12H17FN2. The van der Waals surface area contributed by atoms with E-state index in [2.05, 4.69) is 17.6 Å². The predicted molar refractivity (Wildman–Crippen MR) is 60.5 cm³/mol. The van der Waals surface area contributed by atoms with Gasteiger partial charge in [-0.1, -0.05) is 19.1 Å². The fraction of sp³-hybridized carbons (Fsp3) is 0.500. The largest absolute Gasteiger partial charge is 0.380 e. The maximum absolute atomic E-state index is 13.4. The van der Waals surface area contributed by atoms with Crippen molar-refractivity contribution in [2.45, 2.75) is 19.4 Å². The molecule has 0 bridgehead atoms. The Balaban J connectivity index is 2.04. The first-order chi connectivity index (χ1) is 7.27. The number of nitrogens with one attached hydrogen (secondary N) is 2. The molecule has 1 heterocycles. The molecule has 0 aliphatic carbocycles. The van der Waals surface area contributed by atoms with E-state index in [1.54, 1.807) is 12.1 Å². The number of rotatable bonds is 2. The molecule has 2 unspecified atom stereocenters. The van der Waals surface area contributed by atoms with Crippen molar-refractivity contribution in [3.8, 4) is 0 Å². The second-order valence-electron chi connectivity index (χ2n) is 4.20. The van der Waals surface area contributed by atoms with Crippen molar-refractivity contribution < 1.29 is 4.39 Å². The van der Waals surface area contributed by atoms with Crippen LogP contribution in [0.1, 0.15) is 13.3 Å². The third-order valence-electron chi connectivity index (χ3n) is 3.00. The average Bonchev–Trinajstić information content (AvgIpc) is 2.24. The van der Waals surface area contributed by atoms with Gasteiger partial charge in [0.2, 0.25) is 0 Å². The Hall–Kier alpha value is -1.09. The zero-order valence-electron chi connectivity index (χ0n) is 8.96. The molecule has 1 fully saturated rings. The Morgan fingerprint density at radius 2 is 2.20 bits per heavy atom. The van der Waals surface area contributed by atoms with Gasteiger partial charge in [0.15, 0.2) is 0 Å². The van der Waals surface area contributed by atoms with Crippen molar-refractivity contribution in [2.24, 2.45) is 5.92 Å². The summed E-state index contributed by atoms with van der Waals surface area (Å²) in [5.41, 5.74) is 0.622. The molecule has 1 saturated heterocycles. The molecule has 2 atom stereocenters. The maximum Gasteiger partial charge on any atom is 0.146 e. The van der Waals surface area contributed by atoms with E-state index >= 15 is 0 Å². The highest BCUT2D eigenvalue weighted by molar-refractivity contribution is 5.45. The van der Waals surface area contributed by atoms with E-state index in [0.29, 0.717) is 17.6 Å². The highest BCUT2D eigenvalue weighted by Crippen LogP contribution is 2.19. The van der Waals surface area contributed by atoms with Gasteiger partial charge in [-0.15, -0.1) is 0 Å². The van der Waals surface area contributed by atoms with Gasteiger partial charge in [0.25, 0.3) is 0 Å². The van der Waals surface area contributed by atoms with Crippen molar-refractivity contribution in [3.05, 3.63) is 30.1 Å². The minimum Gasteiger partial charge on any atom is -0.380 e. The molecule has 3 heteroatoms. The van der Waals surface area contributed by atoms with Gasteiger partial charge in [-0.05, 0) is 37.6 Å². The second-order valence-corrected chi connectivity index (χ2v) is 4.20. The SMILES string of the molecule is CC1CNCCC1Nc1ccccc1F. The average molecular weight is 208 g/mol. The van der Waals surface area contributed by atoms with Crippen LogP contribution in [0.15, 0.2) is 24.3 Å². The van der Waals surface area contributed by atoms with Crippen LogP contribution in [-0.4, -0.2) is 19.1 Å². The molecule has 1 aliphatic heterocycles. The lowest BCUT2D eigenvalue weighted by Gasteiger charge is -2.31. The normalized spacial score (nSPS) is 26.3. The second kappa shape index (κ2) is 4.62. The summed E-state index contributed by atoms with van der Waals surface area (Å²) in [4.78, 5) is 0. The highest BCUT2D eigenvalue weighted by atomic mass is 19.1. The Morgan fingerprint density at radius 1 is 1.40 bits per heavy atom. The molecule has 0 amide bonds. The monoisotopic (exact) mass is 208 g/mol. The topological polar surface area (TPSA) is 24.1 Å². The summed E-state index contributed by atoms with van der Waals surface area (Å²) >= 11 is 0. The quantitative estimate of drug-likeness (QED) is 0.779. The lowest BCUT2D eigenvalue weighted by molar-refractivity contribution is 0.367. The molecule has 0 radical (unpaired) electrons. The first kappa shape index (κ1) is 10.4. The number of hydrogen-bond acceptors (Lipinski definition) is 2. The van der Waals surface area contributed by atoms with Crippen LogP contribution in [0, 0.1) is 11.7 Å². The van der Waals surface area contributed by atoms with Gasteiger partial charge < -0.3 is 10.6 Å². The lowest BCUT2D eigenvalue weighted by atomic mass is 9.95. The summed E-state index contributed by atoms with van der Waals surface area (Å²) in [5.74, 6) is 0.376. The summed E-state index contributed by atoms with van der Waals surface area (Å²) in [6.07, 6.45) is 1.05. The number of anilines is 1. The molecule has 2 rings (SSSR count). The van der Waals surface area contributed by atoms with Gasteiger partial charge >= 0.3 is 0 Å². The van der Waals surface area contributed by atoms with Gasteiger partial charge in [-0.2, -0.15) is 0 Å². The van der Waals surface area contributed by atoms with Gasteiger partial charge in [0.05, 0.1) is 5.69 Å². The Bertz CT molecular complexity index is 327. The predicted octanol–water partition coefficient (Wildman–Crippen LogP) is 2.24.